The van der Waals surface area contributed by atoms with Crippen LogP contribution in [-0.2, 0) is 11.3 Å². The summed E-state index contributed by atoms with van der Waals surface area (Å²) in [7, 11) is 0. The van der Waals surface area contributed by atoms with E-state index >= 15 is 0 Å². The van der Waals surface area contributed by atoms with Crippen LogP contribution in [0.4, 0.5) is 8.78 Å². The van der Waals surface area contributed by atoms with Crippen LogP contribution in [0.3, 0.4) is 0 Å². The third-order valence-corrected chi connectivity index (χ3v) is 5.38. The maximum absolute atomic E-state index is 13.6. The fourth-order valence-electron chi connectivity index (χ4n) is 3.75. The van der Waals surface area contributed by atoms with Crippen molar-refractivity contribution in [2.24, 2.45) is 11.3 Å². The first kappa shape index (κ1) is 21.4. The number of nitrogens with one attached hydrogen (secondary N) is 1. The third-order valence-electron chi connectivity index (χ3n) is 5.38. The van der Waals surface area contributed by atoms with Gasteiger partial charge in [-0.05, 0) is 55.1 Å². The molecule has 1 aromatic heterocycles. The average molecular weight is 402 g/mol. The Bertz CT molecular complexity index is 836. The van der Waals surface area contributed by atoms with Crippen LogP contribution in [0.25, 0.3) is 0 Å². The van der Waals surface area contributed by atoms with Gasteiger partial charge in [0.2, 0.25) is 5.91 Å². The molecule has 0 unspecified atom stereocenters. The number of hydrogen-bond donors (Lipinski definition) is 1. The van der Waals surface area contributed by atoms with Crippen molar-refractivity contribution in [1.29, 1.82) is 0 Å². The standard InChI is InChI=1S/C23H29F2N3O/c1-23(2,3)22(29)27-21(20-8-4-5-11-26-20)17-7-6-12-28(15-17)14-16-9-10-18(24)19(25)13-16/h4-5,8-11,13,17,21H,6-7,12,14-15H2,1-3H3,(H,27,29)/t17-,21-/m0/s1. The molecule has 1 aliphatic heterocycles. The Morgan fingerprint density at radius 3 is 2.69 bits per heavy atom. The van der Waals surface area contributed by atoms with Crippen molar-refractivity contribution in [3.8, 4) is 0 Å². The van der Waals surface area contributed by atoms with Crippen molar-refractivity contribution < 1.29 is 13.6 Å². The van der Waals surface area contributed by atoms with Gasteiger partial charge >= 0.3 is 0 Å². The van der Waals surface area contributed by atoms with Crippen LogP contribution in [-0.4, -0.2) is 28.9 Å². The molecule has 156 valence electrons. The van der Waals surface area contributed by atoms with Crippen molar-refractivity contribution in [3.63, 3.8) is 0 Å². The number of likely N-dealkylation sites (tertiary alicyclic amines) is 1. The minimum atomic E-state index is -0.828. The first-order valence-corrected chi connectivity index (χ1v) is 10.1. The van der Waals surface area contributed by atoms with E-state index in [1.807, 2.05) is 39.0 Å². The molecule has 0 saturated carbocycles. The second kappa shape index (κ2) is 8.99. The SMILES string of the molecule is CC(C)(C)C(=O)N[C@H](c1ccccn1)[C@H]1CCCN(Cc2ccc(F)c(F)c2)C1. The van der Waals surface area contributed by atoms with Crippen LogP contribution in [0, 0.1) is 23.0 Å². The molecule has 6 heteroatoms. The molecule has 1 fully saturated rings. The first-order chi connectivity index (χ1) is 13.7. The van der Waals surface area contributed by atoms with E-state index in [2.05, 4.69) is 15.2 Å². The molecule has 2 heterocycles. The lowest BCUT2D eigenvalue weighted by Crippen LogP contribution is -2.45. The second-order valence-corrected chi connectivity index (χ2v) is 8.84. The third kappa shape index (κ3) is 5.60. The minimum absolute atomic E-state index is 0.00844. The number of carbonyl (C=O) groups is 1. The molecule has 0 spiro atoms. The number of amides is 1. The summed E-state index contributed by atoms with van der Waals surface area (Å²) in [6.45, 7) is 7.88. The van der Waals surface area contributed by atoms with E-state index in [0.717, 1.165) is 37.2 Å². The number of piperidine rings is 1. The van der Waals surface area contributed by atoms with Crippen molar-refractivity contribution >= 4 is 5.91 Å². The average Bonchev–Trinajstić information content (AvgIpc) is 2.69. The number of pyridine rings is 1. The van der Waals surface area contributed by atoms with E-state index in [9.17, 15) is 13.6 Å². The Hall–Kier alpha value is -2.34. The summed E-state index contributed by atoms with van der Waals surface area (Å²) in [5, 5.41) is 3.21. The Labute approximate surface area is 171 Å². The van der Waals surface area contributed by atoms with E-state index < -0.39 is 17.0 Å². The quantitative estimate of drug-likeness (QED) is 0.804. The Morgan fingerprint density at radius 1 is 1.24 bits per heavy atom. The summed E-state index contributed by atoms with van der Waals surface area (Å²) in [4.78, 5) is 19.4. The molecular formula is C23H29F2N3O. The molecule has 1 amide bonds. The summed E-state index contributed by atoms with van der Waals surface area (Å²) >= 11 is 0. The summed E-state index contributed by atoms with van der Waals surface area (Å²) < 4.78 is 26.8. The van der Waals surface area contributed by atoms with Crippen LogP contribution < -0.4 is 5.32 Å². The van der Waals surface area contributed by atoms with Gasteiger partial charge in [0.1, 0.15) is 0 Å². The van der Waals surface area contributed by atoms with Crippen molar-refractivity contribution in [3.05, 3.63) is 65.5 Å². The van der Waals surface area contributed by atoms with Gasteiger partial charge in [0.05, 0.1) is 11.7 Å². The second-order valence-electron chi connectivity index (χ2n) is 8.84. The topological polar surface area (TPSA) is 45.2 Å². The fourth-order valence-corrected chi connectivity index (χ4v) is 3.75. The molecule has 2 atom stereocenters. The molecule has 29 heavy (non-hydrogen) atoms. The maximum Gasteiger partial charge on any atom is 0.225 e. The molecule has 1 N–H and O–H groups in total. The number of hydrogen-bond acceptors (Lipinski definition) is 3. The monoisotopic (exact) mass is 401 g/mol. The Morgan fingerprint density at radius 2 is 2.03 bits per heavy atom. The van der Waals surface area contributed by atoms with Crippen LogP contribution in [0.1, 0.15) is 50.9 Å². The lowest BCUT2D eigenvalue weighted by Gasteiger charge is -2.38. The predicted octanol–water partition coefficient (Wildman–Crippen LogP) is 4.48. The molecule has 0 aliphatic carbocycles. The van der Waals surface area contributed by atoms with Gasteiger partial charge in [-0.1, -0.05) is 32.9 Å². The van der Waals surface area contributed by atoms with Gasteiger partial charge in [-0.3, -0.25) is 14.7 Å². The zero-order chi connectivity index (χ0) is 21.0. The molecule has 1 aliphatic rings. The zero-order valence-electron chi connectivity index (χ0n) is 17.3. The van der Waals surface area contributed by atoms with Crippen LogP contribution >= 0.6 is 0 Å². The number of rotatable bonds is 5. The van der Waals surface area contributed by atoms with Gasteiger partial charge in [0.15, 0.2) is 11.6 Å². The Kier molecular flexibility index (Phi) is 6.63. The van der Waals surface area contributed by atoms with E-state index in [1.54, 1.807) is 12.3 Å². The van der Waals surface area contributed by atoms with Gasteiger partial charge in [-0.15, -0.1) is 0 Å². The molecular weight excluding hydrogens is 372 g/mol. The summed E-state index contributed by atoms with van der Waals surface area (Å²) in [6, 6.07) is 9.61. The van der Waals surface area contributed by atoms with Crippen LogP contribution in [0.5, 0.6) is 0 Å². The van der Waals surface area contributed by atoms with E-state index in [4.69, 9.17) is 0 Å². The largest absolute Gasteiger partial charge is 0.347 e. The highest BCUT2D eigenvalue weighted by molar-refractivity contribution is 5.81. The molecule has 2 aromatic rings. The minimum Gasteiger partial charge on any atom is -0.347 e. The highest BCUT2D eigenvalue weighted by Gasteiger charge is 2.33. The van der Waals surface area contributed by atoms with Crippen molar-refractivity contribution in [2.45, 2.75) is 46.2 Å². The first-order valence-electron chi connectivity index (χ1n) is 10.1. The highest BCUT2D eigenvalue weighted by atomic mass is 19.2. The predicted molar refractivity (Wildman–Crippen MR) is 109 cm³/mol. The smallest absolute Gasteiger partial charge is 0.225 e. The van der Waals surface area contributed by atoms with Crippen LogP contribution in [0.2, 0.25) is 0 Å². The fraction of sp³-hybridized carbons (Fsp3) is 0.478. The lowest BCUT2D eigenvalue weighted by molar-refractivity contribution is -0.130. The van der Waals surface area contributed by atoms with Gasteiger partial charge in [0.25, 0.3) is 0 Å². The highest BCUT2D eigenvalue weighted by Crippen LogP contribution is 2.31. The number of benzene rings is 1. The normalized spacial score (nSPS) is 19.0. The summed E-state index contributed by atoms with van der Waals surface area (Å²) in [5.74, 6) is -1.47. The van der Waals surface area contributed by atoms with Gasteiger partial charge < -0.3 is 5.32 Å². The zero-order valence-corrected chi connectivity index (χ0v) is 17.3. The van der Waals surface area contributed by atoms with E-state index in [0.29, 0.717) is 6.54 Å². The summed E-state index contributed by atoms with van der Waals surface area (Å²) in [6.07, 6.45) is 3.69. The Balaban J connectivity index is 1.76. The molecule has 3 rings (SSSR count). The number of carbonyl (C=O) groups excluding carboxylic acids is 1. The molecule has 0 bridgehead atoms. The lowest BCUT2D eigenvalue weighted by atomic mass is 9.86. The molecule has 1 aromatic carbocycles. The summed E-state index contributed by atoms with van der Waals surface area (Å²) in [5.41, 5.74) is 1.11. The van der Waals surface area contributed by atoms with E-state index in [1.165, 1.54) is 12.1 Å². The van der Waals surface area contributed by atoms with Crippen molar-refractivity contribution in [2.75, 3.05) is 13.1 Å². The van der Waals surface area contributed by atoms with Crippen molar-refractivity contribution in [1.82, 2.24) is 15.2 Å². The van der Waals surface area contributed by atoms with Gasteiger partial charge in [-0.25, -0.2) is 8.78 Å². The van der Waals surface area contributed by atoms with Gasteiger partial charge in [0, 0.05) is 24.7 Å². The van der Waals surface area contributed by atoms with Crippen LogP contribution in [0.15, 0.2) is 42.6 Å². The number of aromatic nitrogens is 1. The molecule has 0 radical (unpaired) electrons. The number of halogens is 2. The molecule has 1 saturated heterocycles. The van der Waals surface area contributed by atoms with Gasteiger partial charge in [-0.2, -0.15) is 0 Å². The molecule has 4 nitrogen and oxygen atoms in total. The maximum atomic E-state index is 13.6. The number of nitrogens with zero attached hydrogens (tertiary/aromatic N) is 2. The van der Waals surface area contributed by atoms with E-state index in [-0.39, 0.29) is 17.9 Å².